The van der Waals surface area contributed by atoms with Crippen LogP contribution in [-0.4, -0.2) is 17.0 Å². The molecule has 0 saturated heterocycles. The Labute approximate surface area is 124 Å². The van der Waals surface area contributed by atoms with Crippen LogP contribution in [0.1, 0.15) is 0 Å². The zero-order valence-corrected chi connectivity index (χ0v) is 11.8. The molecule has 0 aliphatic carbocycles. The number of nitrogens with one attached hydrogen (secondary N) is 1. The monoisotopic (exact) mass is 313 g/mol. The summed E-state index contributed by atoms with van der Waals surface area (Å²) in [7, 11) is 1.51. The highest BCUT2D eigenvalue weighted by molar-refractivity contribution is 6.33. The van der Waals surface area contributed by atoms with Gasteiger partial charge >= 0.3 is 5.69 Å². The first kappa shape index (κ1) is 14.4. The first-order valence-corrected chi connectivity index (χ1v) is 6.18. The van der Waals surface area contributed by atoms with Crippen molar-refractivity contribution in [3.05, 3.63) is 50.6 Å². The lowest BCUT2D eigenvalue weighted by Gasteiger charge is -2.09. The van der Waals surface area contributed by atoms with E-state index in [9.17, 15) is 10.1 Å². The highest BCUT2D eigenvalue weighted by Crippen LogP contribution is 2.32. The predicted molar refractivity (Wildman–Crippen MR) is 77.2 cm³/mol. The molecular weight excluding hydrogens is 305 g/mol. The summed E-state index contributed by atoms with van der Waals surface area (Å²) in [6, 6.07) is 7.50. The molecule has 1 aromatic carbocycles. The fourth-order valence-corrected chi connectivity index (χ4v) is 1.83. The summed E-state index contributed by atoms with van der Waals surface area (Å²) >= 11 is 11.8. The van der Waals surface area contributed by atoms with Crippen LogP contribution < -0.4 is 10.1 Å². The van der Waals surface area contributed by atoms with Gasteiger partial charge in [-0.25, -0.2) is 4.98 Å². The molecule has 104 valence electrons. The van der Waals surface area contributed by atoms with Crippen molar-refractivity contribution in [3.63, 3.8) is 0 Å². The number of aromatic nitrogens is 1. The number of ether oxygens (including phenoxy) is 1. The van der Waals surface area contributed by atoms with Gasteiger partial charge in [0.05, 0.1) is 22.7 Å². The van der Waals surface area contributed by atoms with E-state index in [0.717, 1.165) is 0 Å². The second kappa shape index (κ2) is 5.94. The fourth-order valence-electron chi connectivity index (χ4n) is 1.52. The average molecular weight is 314 g/mol. The Morgan fingerprint density at radius 2 is 2.05 bits per heavy atom. The number of benzene rings is 1. The molecule has 8 heteroatoms. The van der Waals surface area contributed by atoms with Crippen LogP contribution in [0.3, 0.4) is 0 Å². The Morgan fingerprint density at radius 3 is 2.70 bits per heavy atom. The van der Waals surface area contributed by atoms with E-state index in [0.29, 0.717) is 16.5 Å². The molecule has 1 N–H and O–H groups in total. The molecule has 0 bridgehead atoms. The summed E-state index contributed by atoms with van der Waals surface area (Å²) in [4.78, 5) is 14.3. The lowest BCUT2D eigenvalue weighted by molar-refractivity contribution is -0.384. The second-order valence-electron chi connectivity index (χ2n) is 3.73. The van der Waals surface area contributed by atoms with Gasteiger partial charge in [0.2, 0.25) is 5.82 Å². The van der Waals surface area contributed by atoms with Crippen molar-refractivity contribution in [2.75, 3.05) is 12.4 Å². The molecule has 0 fully saturated rings. The number of nitrogens with zero attached hydrogens (tertiary/aromatic N) is 2. The molecule has 0 aliphatic heterocycles. The summed E-state index contributed by atoms with van der Waals surface area (Å²) in [5.41, 5.74) is 0.233. The topological polar surface area (TPSA) is 77.3 Å². The summed E-state index contributed by atoms with van der Waals surface area (Å²) in [6.45, 7) is 0. The van der Waals surface area contributed by atoms with Gasteiger partial charge in [-0.2, -0.15) is 0 Å². The van der Waals surface area contributed by atoms with Gasteiger partial charge in [-0.1, -0.05) is 23.2 Å². The first-order valence-electron chi connectivity index (χ1n) is 5.43. The molecule has 20 heavy (non-hydrogen) atoms. The smallest absolute Gasteiger partial charge is 0.311 e. The first-order chi connectivity index (χ1) is 9.51. The minimum atomic E-state index is -0.556. The van der Waals surface area contributed by atoms with Crippen molar-refractivity contribution >= 4 is 40.4 Å². The zero-order valence-electron chi connectivity index (χ0n) is 10.3. The van der Waals surface area contributed by atoms with Gasteiger partial charge in [0.1, 0.15) is 10.9 Å². The van der Waals surface area contributed by atoms with Crippen LogP contribution in [-0.2, 0) is 0 Å². The molecule has 1 aromatic heterocycles. The summed E-state index contributed by atoms with van der Waals surface area (Å²) in [5, 5.41) is 14.3. The Balaban J connectivity index is 2.43. The lowest BCUT2D eigenvalue weighted by Crippen LogP contribution is -2.00. The number of methoxy groups -OCH3 is 1. The molecule has 2 aromatic rings. The molecule has 0 spiro atoms. The Bertz CT molecular complexity index is 664. The minimum absolute atomic E-state index is 0.0117. The molecule has 0 atom stereocenters. The standard InChI is InChI=1S/C12H9Cl2N3O3/c1-20-7-2-3-8(13)9(6-7)15-12-10(17(18)19)4-5-11(14)16-12/h2-6H,1H3,(H,15,16). The SMILES string of the molecule is COc1ccc(Cl)c(Nc2nc(Cl)ccc2[N+](=O)[O-])c1. The van der Waals surface area contributed by atoms with Gasteiger partial charge in [-0.15, -0.1) is 0 Å². The highest BCUT2D eigenvalue weighted by atomic mass is 35.5. The average Bonchev–Trinajstić information content (AvgIpc) is 2.41. The van der Waals surface area contributed by atoms with Gasteiger partial charge < -0.3 is 10.1 Å². The third-order valence-electron chi connectivity index (χ3n) is 2.46. The Hall–Kier alpha value is -2.05. The van der Waals surface area contributed by atoms with E-state index in [1.807, 2.05) is 0 Å². The van der Waals surface area contributed by atoms with Gasteiger partial charge in [0.15, 0.2) is 0 Å². The Morgan fingerprint density at radius 1 is 1.30 bits per heavy atom. The van der Waals surface area contributed by atoms with Crippen molar-refractivity contribution in [2.24, 2.45) is 0 Å². The quantitative estimate of drug-likeness (QED) is 0.523. The summed E-state index contributed by atoms with van der Waals surface area (Å²) in [6.07, 6.45) is 0. The van der Waals surface area contributed by atoms with Crippen LogP contribution in [0.25, 0.3) is 0 Å². The molecule has 0 radical (unpaired) electrons. The number of hydrogen-bond donors (Lipinski definition) is 1. The van der Waals surface area contributed by atoms with Crippen molar-refractivity contribution in [1.29, 1.82) is 0 Å². The van der Waals surface area contributed by atoms with Crippen LogP contribution >= 0.6 is 23.2 Å². The van der Waals surface area contributed by atoms with Crippen molar-refractivity contribution in [1.82, 2.24) is 4.98 Å². The van der Waals surface area contributed by atoms with Crippen molar-refractivity contribution in [3.8, 4) is 5.75 Å². The molecule has 0 unspecified atom stereocenters. The molecule has 0 aliphatic rings. The number of anilines is 2. The maximum Gasteiger partial charge on any atom is 0.311 e. The third kappa shape index (κ3) is 3.09. The highest BCUT2D eigenvalue weighted by Gasteiger charge is 2.17. The number of nitro groups is 1. The molecule has 2 rings (SSSR count). The minimum Gasteiger partial charge on any atom is -0.497 e. The van der Waals surface area contributed by atoms with Crippen LogP contribution in [0.5, 0.6) is 5.75 Å². The van der Waals surface area contributed by atoms with E-state index in [-0.39, 0.29) is 16.7 Å². The number of hydrogen-bond acceptors (Lipinski definition) is 5. The van der Waals surface area contributed by atoms with Crippen LogP contribution in [0.15, 0.2) is 30.3 Å². The molecule has 0 saturated carbocycles. The van der Waals surface area contributed by atoms with E-state index in [1.165, 1.54) is 19.2 Å². The van der Waals surface area contributed by atoms with E-state index < -0.39 is 4.92 Å². The largest absolute Gasteiger partial charge is 0.497 e. The number of halogens is 2. The molecular formula is C12H9Cl2N3O3. The molecule has 0 amide bonds. The van der Waals surface area contributed by atoms with Crippen molar-refractivity contribution in [2.45, 2.75) is 0 Å². The lowest BCUT2D eigenvalue weighted by atomic mass is 10.3. The second-order valence-corrected chi connectivity index (χ2v) is 4.52. The van der Waals surface area contributed by atoms with Gasteiger partial charge in [-0.05, 0) is 18.2 Å². The van der Waals surface area contributed by atoms with E-state index in [1.54, 1.807) is 18.2 Å². The van der Waals surface area contributed by atoms with Crippen LogP contribution in [0.2, 0.25) is 10.2 Å². The van der Waals surface area contributed by atoms with Gasteiger partial charge in [-0.3, -0.25) is 10.1 Å². The maximum atomic E-state index is 11.0. The number of pyridine rings is 1. The van der Waals surface area contributed by atoms with Crippen LogP contribution in [0.4, 0.5) is 17.2 Å². The number of rotatable bonds is 4. The third-order valence-corrected chi connectivity index (χ3v) is 3.00. The van der Waals surface area contributed by atoms with Gasteiger partial charge in [0, 0.05) is 12.1 Å². The van der Waals surface area contributed by atoms with Crippen LogP contribution in [0, 0.1) is 10.1 Å². The van der Waals surface area contributed by atoms with E-state index in [2.05, 4.69) is 10.3 Å². The normalized spacial score (nSPS) is 10.2. The van der Waals surface area contributed by atoms with E-state index >= 15 is 0 Å². The Kier molecular flexibility index (Phi) is 4.26. The zero-order chi connectivity index (χ0) is 14.7. The summed E-state index contributed by atoms with van der Waals surface area (Å²) in [5.74, 6) is 0.569. The van der Waals surface area contributed by atoms with Gasteiger partial charge in [0.25, 0.3) is 0 Å². The summed E-state index contributed by atoms with van der Waals surface area (Å²) < 4.78 is 5.07. The maximum absolute atomic E-state index is 11.0. The van der Waals surface area contributed by atoms with E-state index in [4.69, 9.17) is 27.9 Å². The predicted octanol–water partition coefficient (Wildman–Crippen LogP) is 4.05. The molecule has 1 heterocycles. The van der Waals surface area contributed by atoms with Crippen molar-refractivity contribution < 1.29 is 9.66 Å². The molecule has 6 nitrogen and oxygen atoms in total. The fraction of sp³-hybridized carbons (Fsp3) is 0.0833.